The molecule has 1 atom stereocenters. The summed E-state index contributed by atoms with van der Waals surface area (Å²) < 4.78 is 7.17. The molecule has 114 valence electrons. The van der Waals surface area contributed by atoms with E-state index in [1.54, 1.807) is 11.3 Å². The van der Waals surface area contributed by atoms with Gasteiger partial charge in [0.15, 0.2) is 0 Å². The van der Waals surface area contributed by atoms with E-state index < -0.39 is 0 Å². The van der Waals surface area contributed by atoms with E-state index in [9.17, 15) is 0 Å². The highest BCUT2D eigenvalue weighted by atomic mass is 79.9. The van der Waals surface area contributed by atoms with Crippen molar-refractivity contribution < 1.29 is 4.74 Å². The number of para-hydroxylation sites is 2. The molecule has 1 aromatic carbocycles. The van der Waals surface area contributed by atoms with E-state index in [-0.39, 0.29) is 6.10 Å². The highest BCUT2D eigenvalue weighted by Gasteiger charge is 2.18. The van der Waals surface area contributed by atoms with Gasteiger partial charge in [0.05, 0.1) is 19.7 Å². The van der Waals surface area contributed by atoms with Gasteiger partial charge in [-0.2, -0.15) is 0 Å². The van der Waals surface area contributed by atoms with Crippen molar-refractivity contribution in [1.29, 1.82) is 0 Å². The van der Waals surface area contributed by atoms with Crippen LogP contribution in [0.5, 0.6) is 5.88 Å². The zero-order chi connectivity index (χ0) is 15.7. The number of hydrogen-bond donors (Lipinski definition) is 0. The zero-order valence-corrected chi connectivity index (χ0v) is 15.1. The quantitative estimate of drug-likeness (QED) is 0.598. The second kappa shape index (κ2) is 6.34. The molecule has 3 rings (SSSR count). The minimum atomic E-state index is 0.0811. The number of benzene rings is 1. The fourth-order valence-corrected chi connectivity index (χ4v) is 3.35. The Morgan fingerprint density at radius 3 is 2.27 bits per heavy atom. The van der Waals surface area contributed by atoms with Crippen molar-refractivity contribution >= 4 is 38.3 Å². The molecule has 0 bridgehead atoms. The van der Waals surface area contributed by atoms with Crippen LogP contribution in [-0.2, 0) is 0 Å². The van der Waals surface area contributed by atoms with Crippen LogP contribution in [0.3, 0.4) is 0 Å². The van der Waals surface area contributed by atoms with Gasteiger partial charge < -0.3 is 4.74 Å². The second-order valence-electron chi connectivity index (χ2n) is 5.54. The maximum Gasteiger partial charge on any atom is 0.242 e. The number of rotatable bonds is 4. The molecule has 0 aliphatic rings. The molecule has 3 aromatic rings. The summed E-state index contributed by atoms with van der Waals surface area (Å²) in [5, 5.41) is 0. The van der Waals surface area contributed by atoms with E-state index >= 15 is 0 Å². The third-order valence-corrected chi connectivity index (χ3v) is 5.21. The summed E-state index contributed by atoms with van der Waals surface area (Å²) in [6.07, 6.45) is 0.0811. The summed E-state index contributed by atoms with van der Waals surface area (Å²) in [4.78, 5) is 10.5. The maximum atomic E-state index is 6.10. The molecule has 22 heavy (non-hydrogen) atoms. The van der Waals surface area contributed by atoms with E-state index in [0.717, 1.165) is 25.4 Å². The van der Waals surface area contributed by atoms with E-state index in [4.69, 9.17) is 9.72 Å². The molecule has 1 unspecified atom stereocenters. The Kier molecular flexibility index (Phi) is 4.45. The molecule has 0 saturated carbocycles. The molecule has 5 heteroatoms. The fourth-order valence-electron chi connectivity index (χ4n) is 1.98. The van der Waals surface area contributed by atoms with Gasteiger partial charge in [0.1, 0.15) is 11.8 Å². The van der Waals surface area contributed by atoms with E-state index in [0.29, 0.717) is 11.8 Å². The summed E-state index contributed by atoms with van der Waals surface area (Å²) >= 11 is 5.14. The lowest BCUT2D eigenvalue weighted by atomic mass is 10.1. The Hall–Kier alpha value is -1.46. The van der Waals surface area contributed by atoms with Crippen molar-refractivity contribution in [2.24, 2.45) is 5.92 Å². The van der Waals surface area contributed by atoms with Crippen LogP contribution in [0.4, 0.5) is 0 Å². The molecule has 0 saturated heterocycles. The van der Waals surface area contributed by atoms with Crippen molar-refractivity contribution in [2.45, 2.75) is 26.9 Å². The van der Waals surface area contributed by atoms with Crippen LogP contribution in [0.1, 0.15) is 20.8 Å². The highest BCUT2D eigenvalue weighted by molar-refractivity contribution is 9.11. The molecule has 0 amide bonds. The zero-order valence-electron chi connectivity index (χ0n) is 12.7. The lowest BCUT2D eigenvalue weighted by molar-refractivity contribution is 0.164. The van der Waals surface area contributed by atoms with Crippen molar-refractivity contribution in [1.82, 2.24) is 9.97 Å². The molecule has 3 nitrogen and oxygen atoms in total. The van der Waals surface area contributed by atoms with Gasteiger partial charge >= 0.3 is 0 Å². The molecule has 0 radical (unpaired) electrons. The maximum absolute atomic E-state index is 6.10. The van der Waals surface area contributed by atoms with Crippen LogP contribution < -0.4 is 4.74 Å². The SMILES string of the molecule is CC(C)C(C)Oc1nc2ccccc2nc1-c1ccc(Br)s1. The van der Waals surface area contributed by atoms with Crippen molar-refractivity contribution in [2.75, 3.05) is 0 Å². The predicted octanol–water partition coefficient (Wildman–Crippen LogP) is 5.54. The van der Waals surface area contributed by atoms with Gasteiger partial charge in [0.25, 0.3) is 0 Å². The van der Waals surface area contributed by atoms with Gasteiger partial charge in [-0.3, -0.25) is 0 Å². The minimum absolute atomic E-state index is 0.0811. The fraction of sp³-hybridized carbons (Fsp3) is 0.294. The Labute approximate surface area is 142 Å². The van der Waals surface area contributed by atoms with E-state index in [1.807, 2.05) is 36.4 Å². The molecule has 0 N–H and O–H groups in total. The van der Waals surface area contributed by atoms with E-state index in [1.165, 1.54) is 0 Å². The standard InChI is InChI=1S/C17H17BrN2OS/c1-10(2)11(3)21-17-16(14-8-9-15(18)22-14)19-12-6-4-5-7-13(12)20-17/h4-11H,1-3H3. The Morgan fingerprint density at radius 2 is 1.68 bits per heavy atom. The largest absolute Gasteiger partial charge is 0.473 e. The lowest BCUT2D eigenvalue weighted by Gasteiger charge is -2.19. The van der Waals surface area contributed by atoms with Crippen LogP contribution >= 0.6 is 27.3 Å². The average molecular weight is 377 g/mol. The lowest BCUT2D eigenvalue weighted by Crippen LogP contribution is -2.20. The van der Waals surface area contributed by atoms with Gasteiger partial charge in [0, 0.05) is 0 Å². The predicted molar refractivity (Wildman–Crippen MR) is 95.5 cm³/mol. The normalized spacial score (nSPS) is 12.8. The van der Waals surface area contributed by atoms with Crippen LogP contribution in [0, 0.1) is 5.92 Å². The van der Waals surface area contributed by atoms with Crippen molar-refractivity contribution in [3.05, 3.63) is 40.2 Å². The summed E-state index contributed by atoms with van der Waals surface area (Å²) in [5.74, 6) is 1.02. The Balaban J connectivity index is 2.14. The average Bonchev–Trinajstić information content (AvgIpc) is 2.92. The second-order valence-corrected chi connectivity index (χ2v) is 8.00. The Bertz CT molecular complexity index is 800. The summed E-state index contributed by atoms with van der Waals surface area (Å²) in [5.41, 5.74) is 2.54. The first kappa shape index (κ1) is 15.4. The van der Waals surface area contributed by atoms with Gasteiger partial charge in [-0.25, -0.2) is 9.97 Å². The minimum Gasteiger partial charge on any atom is -0.473 e. The monoisotopic (exact) mass is 376 g/mol. The van der Waals surface area contributed by atoms with Gasteiger partial charge in [-0.15, -0.1) is 11.3 Å². The van der Waals surface area contributed by atoms with Crippen LogP contribution in [0.25, 0.3) is 21.6 Å². The number of nitrogens with zero attached hydrogens (tertiary/aromatic N) is 2. The molecule has 2 aromatic heterocycles. The molecule has 0 aliphatic heterocycles. The Morgan fingerprint density at radius 1 is 1.00 bits per heavy atom. The number of fused-ring (bicyclic) bond motifs is 1. The topological polar surface area (TPSA) is 35.0 Å². The summed E-state index contributed by atoms with van der Waals surface area (Å²) in [6, 6.07) is 11.9. The smallest absolute Gasteiger partial charge is 0.242 e. The first-order valence-corrected chi connectivity index (χ1v) is 8.84. The summed E-state index contributed by atoms with van der Waals surface area (Å²) in [7, 11) is 0. The van der Waals surface area contributed by atoms with Gasteiger partial charge in [-0.1, -0.05) is 26.0 Å². The van der Waals surface area contributed by atoms with Crippen molar-refractivity contribution in [3.8, 4) is 16.5 Å². The molecule has 0 spiro atoms. The number of halogens is 1. The number of aromatic nitrogens is 2. The number of hydrogen-bond acceptors (Lipinski definition) is 4. The van der Waals surface area contributed by atoms with E-state index in [2.05, 4.69) is 41.7 Å². The van der Waals surface area contributed by atoms with Gasteiger partial charge in [0.2, 0.25) is 5.88 Å². The number of thiophene rings is 1. The summed E-state index contributed by atoms with van der Waals surface area (Å²) in [6.45, 7) is 6.34. The first-order valence-electron chi connectivity index (χ1n) is 7.23. The van der Waals surface area contributed by atoms with Crippen LogP contribution in [0.15, 0.2) is 40.2 Å². The third-order valence-electron chi connectivity index (χ3n) is 3.58. The van der Waals surface area contributed by atoms with Crippen molar-refractivity contribution in [3.63, 3.8) is 0 Å². The highest BCUT2D eigenvalue weighted by Crippen LogP contribution is 2.36. The molecule has 2 heterocycles. The van der Waals surface area contributed by atoms with Crippen LogP contribution in [-0.4, -0.2) is 16.1 Å². The molecular weight excluding hydrogens is 360 g/mol. The molecule has 0 aliphatic carbocycles. The number of ether oxygens (including phenoxy) is 1. The molecular formula is C17H17BrN2OS. The third kappa shape index (κ3) is 3.15. The van der Waals surface area contributed by atoms with Crippen LogP contribution in [0.2, 0.25) is 0 Å². The van der Waals surface area contributed by atoms with Gasteiger partial charge in [-0.05, 0) is 53.0 Å². The first-order chi connectivity index (χ1) is 10.5. The molecule has 0 fully saturated rings.